The number of aromatic nitrogens is 1. The van der Waals surface area contributed by atoms with Crippen molar-refractivity contribution in [2.24, 2.45) is 0 Å². The third-order valence-corrected chi connectivity index (χ3v) is 6.53. The molecule has 1 aliphatic rings. The van der Waals surface area contributed by atoms with Gasteiger partial charge < -0.3 is 20.4 Å². The second-order valence-electron chi connectivity index (χ2n) is 7.59. The quantitative estimate of drug-likeness (QED) is 0.490. The van der Waals surface area contributed by atoms with E-state index in [0.717, 1.165) is 21.6 Å². The Bertz CT molecular complexity index is 1090. The van der Waals surface area contributed by atoms with Crippen molar-refractivity contribution in [2.45, 2.75) is 38.3 Å². The fourth-order valence-corrected chi connectivity index (χ4v) is 4.56. The third-order valence-electron chi connectivity index (χ3n) is 5.28. The largest absolute Gasteiger partial charge is 0.380 e. The first-order chi connectivity index (χ1) is 15.4. The molecule has 4 rings (SSSR count). The van der Waals surface area contributed by atoms with E-state index in [1.165, 1.54) is 16.2 Å². The van der Waals surface area contributed by atoms with Gasteiger partial charge in [0.2, 0.25) is 0 Å². The number of nitrogens with zero attached hydrogens (tertiary/aromatic N) is 2. The van der Waals surface area contributed by atoms with Gasteiger partial charge in [0.1, 0.15) is 5.01 Å². The van der Waals surface area contributed by atoms with Crippen molar-refractivity contribution in [2.75, 3.05) is 0 Å². The minimum atomic E-state index is -1.86. The second kappa shape index (κ2) is 9.79. The zero-order chi connectivity index (χ0) is 22.7. The highest BCUT2D eigenvalue weighted by atomic mass is 35.5. The van der Waals surface area contributed by atoms with Gasteiger partial charge in [0.25, 0.3) is 11.8 Å². The number of nitrogens with one attached hydrogen (secondary N) is 1. The Morgan fingerprint density at radius 3 is 2.38 bits per heavy atom. The number of carbonyl (C=O) groups is 2. The number of hydrogen-bond acceptors (Lipinski definition) is 6. The maximum atomic E-state index is 12.5. The van der Waals surface area contributed by atoms with E-state index >= 15 is 0 Å². The molecule has 0 bridgehead atoms. The lowest BCUT2D eigenvalue weighted by Crippen LogP contribution is -2.49. The molecule has 0 spiro atoms. The molecule has 1 aromatic heterocycles. The normalized spacial score (nSPS) is 14.7. The number of aliphatic hydroxyl groups is 2. The minimum Gasteiger partial charge on any atom is -0.380 e. The Morgan fingerprint density at radius 2 is 1.72 bits per heavy atom. The van der Waals surface area contributed by atoms with E-state index in [1.54, 1.807) is 6.20 Å². The summed E-state index contributed by atoms with van der Waals surface area (Å²) < 4.78 is 0. The monoisotopic (exact) mass is 471 g/mol. The van der Waals surface area contributed by atoms with Gasteiger partial charge >= 0.3 is 0 Å². The van der Waals surface area contributed by atoms with Crippen molar-refractivity contribution < 1.29 is 19.8 Å². The number of thiazole rings is 1. The van der Waals surface area contributed by atoms with Crippen LogP contribution in [-0.4, -0.2) is 44.1 Å². The molecule has 166 valence electrons. The van der Waals surface area contributed by atoms with Gasteiger partial charge in [-0.25, -0.2) is 4.98 Å². The molecule has 0 aliphatic carbocycles. The van der Waals surface area contributed by atoms with E-state index in [0.29, 0.717) is 29.5 Å². The predicted molar refractivity (Wildman–Crippen MR) is 121 cm³/mol. The zero-order valence-corrected chi connectivity index (χ0v) is 18.6. The topological polar surface area (TPSA) is 103 Å². The summed E-state index contributed by atoms with van der Waals surface area (Å²) in [6.45, 7) is 0.781. The molecule has 32 heavy (non-hydrogen) atoms. The summed E-state index contributed by atoms with van der Waals surface area (Å²) >= 11 is 7.34. The highest BCUT2D eigenvalue weighted by molar-refractivity contribution is 7.11. The molecule has 3 N–H and O–H groups in total. The van der Waals surface area contributed by atoms with Crippen LogP contribution in [0.4, 0.5) is 0 Å². The van der Waals surface area contributed by atoms with Crippen molar-refractivity contribution in [3.8, 4) is 0 Å². The van der Waals surface area contributed by atoms with E-state index in [2.05, 4.69) is 10.3 Å². The Kier molecular flexibility index (Phi) is 6.86. The van der Waals surface area contributed by atoms with Gasteiger partial charge in [-0.05, 0) is 28.8 Å². The minimum absolute atomic E-state index is 0.0945. The van der Waals surface area contributed by atoms with E-state index in [9.17, 15) is 19.8 Å². The molecule has 2 amide bonds. The summed E-state index contributed by atoms with van der Waals surface area (Å²) in [5.41, 5.74) is 3.07. The Balaban J connectivity index is 1.28. The van der Waals surface area contributed by atoms with Crippen LogP contribution >= 0.6 is 22.9 Å². The molecule has 9 heteroatoms. The molecule has 2 atom stereocenters. The lowest BCUT2D eigenvalue weighted by Gasteiger charge is -2.22. The van der Waals surface area contributed by atoms with Gasteiger partial charge in [0.05, 0.1) is 6.54 Å². The molecule has 2 heterocycles. The van der Waals surface area contributed by atoms with Crippen LogP contribution in [-0.2, 0) is 35.6 Å². The molecule has 0 radical (unpaired) electrons. The maximum Gasteiger partial charge on any atom is 0.255 e. The van der Waals surface area contributed by atoms with Crippen LogP contribution in [0.2, 0.25) is 5.02 Å². The Morgan fingerprint density at radius 1 is 1.06 bits per heavy atom. The van der Waals surface area contributed by atoms with Crippen LogP contribution in [0.3, 0.4) is 0 Å². The first-order valence-electron chi connectivity index (χ1n) is 10.1. The molecule has 3 aromatic rings. The molecule has 2 aromatic carbocycles. The molecule has 0 saturated carbocycles. The summed E-state index contributed by atoms with van der Waals surface area (Å²) in [5, 5.41) is 24.3. The number of carbonyl (C=O) groups excluding carboxylic acids is 2. The molecular formula is C23H22ClN3O4S. The van der Waals surface area contributed by atoms with Crippen LogP contribution in [0.25, 0.3) is 0 Å². The fraction of sp³-hybridized carbons (Fsp3) is 0.261. The van der Waals surface area contributed by atoms with Gasteiger partial charge in [-0.1, -0.05) is 48.0 Å². The van der Waals surface area contributed by atoms with Gasteiger partial charge in [-0.2, -0.15) is 0 Å². The van der Waals surface area contributed by atoms with Gasteiger partial charge in [0.15, 0.2) is 12.2 Å². The maximum absolute atomic E-state index is 12.5. The molecule has 1 aliphatic heterocycles. The summed E-state index contributed by atoms with van der Waals surface area (Å²) in [7, 11) is 0. The van der Waals surface area contributed by atoms with Crippen LogP contribution < -0.4 is 5.32 Å². The van der Waals surface area contributed by atoms with Crippen molar-refractivity contribution in [1.29, 1.82) is 0 Å². The number of fused-ring (bicyclic) bond motifs is 1. The number of rotatable bonds is 7. The molecule has 0 saturated heterocycles. The predicted octanol–water partition coefficient (Wildman–Crippen LogP) is 2.27. The standard InChI is InChI=1S/C23H22ClN3O4S/c24-17-7-5-14(6-8-17)9-18-10-25-19(32-18)11-26-22(30)20(28)21(29)23(31)27-12-15-3-1-2-4-16(15)13-27/h1-8,10,20-21,28-29H,9,11-13H2,(H,26,30)/t20-,21-/m1/s1. The average Bonchev–Trinajstić information content (AvgIpc) is 3.44. The number of halogens is 1. The fourth-order valence-electron chi connectivity index (χ4n) is 3.54. The average molecular weight is 472 g/mol. The van der Waals surface area contributed by atoms with E-state index < -0.39 is 24.0 Å². The Hall–Kier alpha value is -2.78. The van der Waals surface area contributed by atoms with Gasteiger partial charge in [0, 0.05) is 35.6 Å². The van der Waals surface area contributed by atoms with E-state index in [1.807, 2.05) is 48.5 Å². The van der Waals surface area contributed by atoms with Crippen LogP contribution in [0, 0.1) is 0 Å². The SMILES string of the molecule is O=C(NCc1ncc(Cc2ccc(Cl)cc2)s1)[C@H](O)[C@@H](O)C(=O)N1Cc2ccccc2C1. The summed E-state index contributed by atoms with van der Waals surface area (Å²) in [6.07, 6.45) is -1.27. The van der Waals surface area contributed by atoms with Gasteiger partial charge in [-0.3, -0.25) is 9.59 Å². The third kappa shape index (κ3) is 5.16. The van der Waals surface area contributed by atoms with Crippen LogP contribution in [0.1, 0.15) is 26.6 Å². The molecular weight excluding hydrogens is 450 g/mol. The highest BCUT2D eigenvalue weighted by Crippen LogP contribution is 2.23. The molecule has 0 fully saturated rings. The van der Waals surface area contributed by atoms with Crippen molar-refractivity contribution in [1.82, 2.24) is 15.2 Å². The first kappa shape index (κ1) is 22.4. The summed E-state index contributed by atoms with van der Waals surface area (Å²) in [4.78, 5) is 31.6. The first-order valence-corrected chi connectivity index (χ1v) is 11.3. The smallest absolute Gasteiger partial charge is 0.255 e. The number of hydrogen-bond donors (Lipinski definition) is 3. The lowest BCUT2D eigenvalue weighted by molar-refractivity contribution is -0.153. The highest BCUT2D eigenvalue weighted by Gasteiger charge is 2.35. The summed E-state index contributed by atoms with van der Waals surface area (Å²) in [6, 6.07) is 15.1. The zero-order valence-electron chi connectivity index (χ0n) is 17.1. The van der Waals surface area contributed by atoms with Crippen molar-refractivity contribution in [3.63, 3.8) is 0 Å². The van der Waals surface area contributed by atoms with Crippen molar-refractivity contribution >= 4 is 34.8 Å². The molecule has 7 nitrogen and oxygen atoms in total. The summed E-state index contributed by atoms with van der Waals surface area (Å²) in [5.74, 6) is -1.50. The van der Waals surface area contributed by atoms with Gasteiger partial charge in [-0.15, -0.1) is 11.3 Å². The number of amides is 2. The van der Waals surface area contributed by atoms with Crippen LogP contribution in [0.5, 0.6) is 0 Å². The van der Waals surface area contributed by atoms with Crippen LogP contribution in [0.15, 0.2) is 54.7 Å². The second-order valence-corrected chi connectivity index (χ2v) is 9.23. The lowest BCUT2D eigenvalue weighted by atomic mass is 10.1. The van der Waals surface area contributed by atoms with E-state index in [4.69, 9.17) is 11.6 Å². The Labute approximate surface area is 194 Å². The number of aliphatic hydroxyl groups excluding tert-OH is 2. The van der Waals surface area contributed by atoms with E-state index in [-0.39, 0.29) is 6.54 Å². The molecule has 0 unspecified atom stereocenters. The number of benzene rings is 2. The van der Waals surface area contributed by atoms with Crippen molar-refractivity contribution in [3.05, 3.63) is 86.3 Å².